The predicted octanol–water partition coefficient (Wildman–Crippen LogP) is 3.82. The lowest BCUT2D eigenvalue weighted by Crippen LogP contribution is -2.39. The van der Waals surface area contributed by atoms with Gasteiger partial charge in [-0.1, -0.05) is 30.3 Å². The highest BCUT2D eigenvalue weighted by Crippen LogP contribution is 2.21. The molecule has 0 saturated heterocycles. The molecule has 0 aliphatic rings. The first-order valence-electron chi connectivity index (χ1n) is 8.47. The fraction of sp³-hybridized carbons (Fsp3) is 0.444. The zero-order valence-corrected chi connectivity index (χ0v) is 15.0. The van der Waals surface area contributed by atoms with Crippen molar-refractivity contribution in [2.45, 2.75) is 32.0 Å². The van der Waals surface area contributed by atoms with Crippen molar-refractivity contribution >= 4 is 5.96 Å². The van der Waals surface area contributed by atoms with Gasteiger partial charge in [-0.2, -0.15) is 13.2 Å². The summed E-state index contributed by atoms with van der Waals surface area (Å²) in [5.41, 5.74) is 1.99. The van der Waals surface area contributed by atoms with Crippen molar-refractivity contribution < 1.29 is 13.2 Å². The number of aliphatic imine (C=N–C) groups is 1. The van der Waals surface area contributed by atoms with Crippen LogP contribution in [-0.4, -0.2) is 47.6 Å². The number of unbranched alkanes of at least 4 members (excludes halogenated alkanes) is 1. The van der Waals surface area contributed by atoms with E-state index in [1.165, 1.54) is 0 Å². The fourth-order valence-electron chi connectivity index (χ4n) is 2.54. The molecule has 8 heteroatoms. The predicted molar refractivity (Wildman–Crippen MR) is 96.8 cm³/mol. The molecule has 0 radical (unpaired) electrons. The molecule has 1 heterocycles. The number of aromatic nitrogens is 2. The van der Waals surface area contributed by atoms with Gasteiger partial charge in [-0.05, 0) is 18.4 Å². The Morgan fingerprint density at radius 3 is 2.62 bits per heavy atom. The third-order valence-electron chi connectivity index (χ3n) is 3.84. The number of alkyl halides is 3. The third kappa shape index (κ3) is 6.42. The number of guanidine groups is 1. The molecule has 5 nitrogen and oxygen atoms in total. The van der Waals surface area contributed by atoms with E-state index in [1.54, 1.807) is 13.2 Å². The number of halogens is 3. The monoisotopic (exact) mass is 367 g/mol. The van der Waals surface area contributed by atoms with E-state index in [4.69, 9.17) is 0 Å². The normalized spacial score (nSPS) is 12.3. The van der Waals surface area contributed by atoms with Crippen LogP contribution in [0.25, 0.3) is 11.3 Å². The summed E-state index contributed by atoms with van der Waals surface area (Å²) in [6.45, 7) is 0.954. The van der Waals surface area contributed by atoms with Gasteiger partial charge in [-0.3, -0.25) is 4.99 Å². The van der Waals surface area contributed by atoms with E-state index in [-0.39, 0.29) is 6.42 Å². The summed E-state index contributed by atoms with van der Waals surface area (Å²) in [4.78, 5) is 13.7. The van der Waals surface area contributed by atoms with Crippen molar-refractivity contribution in [1.82, 2.24) is 20.2 Å². The van der Waals surface area contributed by atoms with Gasteiger partial charge in [0.25, 0.3) is 0 Å². The van der Waals surface area contributed by atoms with Crippen LogP contribution in [0.15, 0.2) is 41.5 Å². The molecule has 1 aromatic carbocycles. The minimum atomic E-state index is -4.09. The zero-order valence-electron chi connectivity index (χ0n) is 15.0. The molecule has 1 aromatic heterocycles. The summed E-state index contributed by atoms with van der Waals surface area (Å²) >= 11 is 0. The van der Waals surface area contributed by atoms with Gasteiger partial charge in [0.2, 0.25) is 0 Å². The van der Waals surface area contributed by atoms with E-state index in [9.17, 15) is 13.2 Å². The third-order valence-corrected chi connectivity index (χ3v) is 3.84. The summed E-state index contributed by atoms with van der Waals surface area (Å²) in [6, 6.07) is 9.89. The first-order chi connectivity index (χ1) is 12.4. The lowest BCUT2D eigenvalue weighted by molar-refractivity contribution is -0.135. The van der Waals surface area contributed by atoms with Crippen molar-refractivity contribution in [2.75, 3.05) is 20.6 Å². The number of nitrogens with one attached hydrogen (secondary N) is 2. The Hall–Kier alpha value is -2.51. The first-order valence-corrected chi connectivity index (χ1v) is 8.47. The minimum absolute atomic E-state index is 0.107. The maximum atomic E-state index is 12.1. The number of aromatic amines is 1. The second kappa shape index (κ2) is 9.26. The topological polar surface area (TPSA) is 56.3 Å². The molecule has 0 bridgehead atoms. The molecule has 142 valence electrons. The van der Waals surface area contributed by atoms with Crippen molar-refractivity contribution in [3.8, 4) is 11.3 Å². The van der Waals surface area contributed by atoms with Crippen LogP contribution >= 0.6 is 0 Å². The lowest BCUT2D eigenvalue weighted by Gasteiger charge is -2.21. The Morgan fingerprint density at radius 1 is 1.23 bits per heavy atom. The van der Waals surface area contributed by atoms with Crippen molar-refractivity contribution in [3.05, 3.63) is 42.4 Å². The molecule has 0 atom stereocenters. The van der Waals surface area contributed by atoms with Crippen LogP contribution in [0.1, 0.15) is 25.1 Å². The van der Waals surface area contributed by atoms with E-state index in [0.717, 1.165) is 17.1 Å². The van der Waals surface area contributed by atoms with Crippen LogP contribution in [0.3, 0.4) is 0 Å². The molecule has 2 N–H and O–H groups in total. The smallest absolute Gasteiger partial charge is 0.356 e. The van der Waals surface area contributed by atoms with Gasteiger partial charge in [0.1, 0.15) is 5.82 Å². The average Bonchev–Trinajstić information content (AvgIpc) is 3.06. The second-order valence-corrected chi connectivity index (χ2v) is 6.01. The van der Waals surface area contributed by atoms with E-state index in [2.05, 4.69) is 20.3 Å². The van der Waals surface area contributed by atoms with Crippen LogP contribution < -0.4 is 5.32 Å². The number of benzene rings is 1. The Kier molecular flexibility index (Phi) is 7.06. The summed E-state index contributed by atoms with van der Waals surface area (Å²) < 4.78 is 36.4. The Morgan fingerprint density at radius 2 is 1.96 bits per heavy atom. The van der Waals surface area contributed by atoms with Gasteiger partial charge >= 0.3 is 6.18 Å². The van der Waals surface area contributed by atoms with Gasteiger partial charge in [-0.25, -0.2) is 4.98 Å². The molecule has 2 rings (SSSR count). The Balaban J connectivity index is 1.82. The Labute approximate surface area is 151 Å². The first kappa shape index (κ1) is 19.8. The summed E-state index contributed by atoms with van der Waals surface area (Å²) in [7, 11) is 3.50. The van der Waals surface area contributed by atoms with Gasteiger partial charge in [0.05, 0.1) is 18.4 Å². The molecule has 0 aliphatic carbocycles. The number of hydrogen-bond donors (Lipinski definition) is 2. The summed E-state index contributed by atoms with van der Waals surface area (Å²) in [5.74, 6) is 1.40. The van der Waals surface area contributed by atoms with Crippen LogP contribution in [0.2, 0.25) is 0 Å². The summed E-state index contributed by atoms with van der Waals surface area (Å²) in [6.07, 6.45) is -2.51. The van der Waals surface area contributed by atoms with Crippen LogP contribution in [0.4, 0.5) is 13.2 Å². The lowest BCUT2D eigenvalue weighted by atomic mass is 10.2. The SMILES string of the molecule is CN=C(NCCCCC(F)(F)F)N(C)Cc1ncc(-c2ccccc2)[nH]1. The molecular weight excluding hydrogens is 343 g/mol. The molecule has 26 heavy (non-hydrogen) atoms. The van der Waals surface area contributed by atoms with Crippen molar-refractivity contribution in [3.63, 3.8) is 0 Å². The number of hydrogen-bond acceptors (Lipinski definition) is 2. The van der Waals surface area contributed by atoms with E-state index >= 15 is 0 Å². The molecular formula is C18H24F3N5. The number of rotatable bonds is 7. The molecule has 0 fully saturated rings. The maximum absolute atomic E-state index is 12.1. The molecule has 0 unspecified atom stereocenters. The number of H-pyrrole nitrogens is 1. The second-order valence-electron chi connectivity index (χ2n) is 6.01. The molecule has 2 aromatic rings. The standard InChI is InChI=1S/C18H24F3N5/c1-22-17(23-11-7-6-10-18(19,20)21)26(2)13-16-24-12-15(25-16)14-8-4-3-5-9-14/h3-5,8-9,12H,6-7,10-11,13H2,1-2H3,(H,22,23)(H,24,25). The van der Waals surface area contributed by atoms with Crippen molar-refractivity contribution in [1.29, 1.82) is 0 Å². The summed E-state index contributed by atoms with van der Waals surface area (Å²) in [5, 5.41) is 3.08. The largest absolute Gasteiger partial charge is 0.389 e. The van der Waals surface area contributed by atoms with Gasteiger partial charge in [0.15, 0.2) is 5.96 Å². The Bertz CT molecular complexity index is 694. The van der Waals surface area contributed by atoms with Crippen LogP contribution in [0.5, 0.6) is 0 Å². The molecule has 0 saturated carbocycles. The van der Waals surface area contributed by atoms with E-state index in [0.29, 0.717) is 25.5 Å². The minimum Gasteiger partial charge on any atom is -0.356 e. The zero-order chi connectivity index (χ0) is 19.0. The quantitative estimate of drug-likeness (QED) is 0.444. The average molecular weight is 367 g/mol. The molecule has 0 spiro atoms. The van der Waals surface area contributed by atoms with Gasteiger partial charge in [-0.15, -0.1) is 0 Å². The number of nitrogens with zero attached hydrogens (tertiary/aromatic N) is 3. The van der Waals surface area contributed by atoms with Crippen molar-refractivity contribution in [2.24, 2.45) is 4.99 Å². The molecule has 0 amide bonds. The fourth-order valence-corrected chi connectivity index (χ4v) is 2.54. The molecule has 0 aliphatic heterocycles. The highest BCUT2D eigenvalue weighted by molar-refractivity contribution is 5.79. The van der Waals surface area contributed by atoms with Crippen LogP contribution in [0, 0.1) is 0 Å². The van der Waals surface area contributed by atoms with Gasteiger partial charge < -0.3 is 15.2 Å². The number of imidazole rings is 1. The highest BCUT2D eigenvalue weighted by Gasteiger charge is 2.25. The highest BCUT2D eigenvalue weighted by atomic mass is 19.4. The van der Waals surface area contributed by atoms with Gasteiger partial charge in [0, 0.05) is 27.1 Å². The van der Waals surface area contributed by atoms with E-state index in [1.807, 2.05) is 42.3 Å². The van der Waals surface area contributed by atoms with Crippen LogP contribution in [-0.2, 0) is 6.54 Å². The maximum Gasteiger partial charge on any atom is 0.389 e. The van der Waals surface area contributed by atoms with E-state index < -0.39 is 12.6 Å².